The lowest BCUT2D eigenvalue weighted by Gasteiger charge is -2.21. The minimum absolute atomic E-state index is 0.126. The summed E-state index contributed by atoms with van der Waals surface area (Å²) in [5, 5.41) is 13.2. The summed E-state index contributed by atoms with van der Waals surface area (Å²) in [5.74, 6) is 0. The van der Waals surface area contributed by atoms with Crippen molar-refractivity contribution in [1.82, 2.24) is 0 Å². The van der Waals surface area contributed by atoms with E-state index in [4.69, 9.17) is 10.3 Å². The number of azide groups is 1. The van der Waals surface area contributed by atoms with Crippen LogP contribution in [0.15, 0.2) is 5.11 Å². The van der Waals surface area contributed by atoms with Crippen molar-refractivity contribution in [2.24, 2.45) is 5.11 Å². The van der Waals surface area contributed by atoms with Crippen LogP contribution in [0.3, 0.4) is 0 Å². The van der Waals surface area contributed by atoms with Gasteiger partial charge in [-0.25, -0.2) is 27.4 Å². The molecule has 30 heteroatoms. The number of nitrogens with zero attached hydrogens (tertiary/aromatic N) is 3. The number of unbranched alkanes of at least 4 members (excludes halogenated alkanes) is 8. The number of ether oxygens (including phenoxy) is 1. The van der Waals surface area contributed by atoms with E-state index >= 15 is 0 Å². The lowest BCUT2D eigenvalue weighted by molar-refractivity contribution is -0.0167. The Morgan fingerprint density at radius 3 is 1.45 bits per heavy atom. The van der Waals surface area contributed by atoms with Crippen LogP contribution in [-0.4, -0.2) is 72.5 Å². The van der Waals surface area contributed by atoms with Gasteiger partial charge in [-0.15, -0.1) is 0 Å². The van der Waals surface area contributed by atoms with Crippen molar-refractivity contribution < 1.29 is 97.2 Å². The fourth-order valence-electron chi connectivity index (χ4n) is 3.76. The van der Waals surface area contributed by atoms with Crippen molar-refractivity contribution in [3.05, 3.63) is 10.4 Å². The summed E-state index contributed by atoms with van der Waals surface area (Å²) in [7, 11) is -36.0. The minimum Gasteiger partial charge on any atom is -0.390 e. The van der Waals surface area contributed by atoms with Crippen molar-refractivity contribution in [3.8, 4) is 0 Å². The standard InChI is InChI=1S/C17H39N3O21P6/c1-15-13-16(21)17(36-15)14-35-43(24,25)38-45(28,29)40-47(32,33)41-46(30,31)39-44(26,27)37-42(22,23)34-12-10-8-6-4-2-3-5-7-9-11-19-20-18/h15-17,21H,2-14H2,1H3,(H,22,23)(H,24,25)(H,26,27)(H,28,29)(H,30,31)(H,32,33)/t15-,16?,17+/m0/s1. The highest BCUT2D eigenvalue weighted by atomic mass is 31.3. The van der Waals surface area contributed by atoms with Gasteiger partial charge in [0.05, 0.1) is 25.4 Å². The van der Waals surface area contributed by atoms with Crippen LogP contribution in [0.1, 0.15) is 71.1 Å². The van der Waals surface area contributed by atoms with E-state index in [9.17, 15) is 61.9 Å². The normalized spacial score (nSPS) is 26.1. The number of aliphatic hydroxyl groups excluding tert-OH is 1. The number of phosphoric acid groups is 6. The molecule has 1 aliphatic rings. The molecule has 0 radical (unpaired) electrons. The zero-order valence-corrected chi connectivity index (χ0v) is 30.2. The van der Waals surface area contributed by atoms with Crippen LogP contribution in [0.2, 0.25) is 0 Å². The highest BCUT2D eigenvalue weighted by molar-refractivity contribution is 7.72. The fraction of sp³-hybridized carbons (Fsp3) is 1.00. The van der Waals surface area contributed by atoms with E-state index in [1.54, 1.807) is 6.92 Å². The van der Waals surface area contributed by atoms with Crippen LogP contribution in [0.5, 0.6) is 0 Å². The van der Waals surface area contributed by atoms with Gasteiger partial charge in [0.25, 0.3) is 0 Å². The lowest BCUT2D eigenvalue weighted by atomic mass is 10.1. The average Bonchev–Trinajstić information content (AvgIpc) is 3.18. The summed E-state index contributed by atoms with van der Waals surface area (Å²) in [6.07, 6.45) is 4.24. The zero-order valence-electron chi connectivity index (χ0n) is 24.8. The van der Waals surface area contributed by atoms with Crippen LogP contribution in [0, 0.1) is 0 Å². The first-order valence-electron chi connectivity index (χ1n) is 13.6. The Bertz CT molecular complexity index is 1330. The van der Waals surface area contributed by atoms with E-state index in [0.717, 1.165) is 44.9 Å². The third kappa shape index (κ3) is 21.8. The minimum atomic E-state index is -6.36. The molecule has 7 unspecified atom stereocenters. The largest absolute Gasteiger partial charge is 0.490 e. The quantitative estimate of drug-likeness (QED) is 0.0197. The number of aliphatic hydroxyl groups is 1. The third-order valence-electron chi connectivity index (χ3n) is 5.56. The van der Waals surface area contributed by atoms with Crippen LogP contribution in [0.4, 0.5) is 0 Å². The molecule has 7 N–H and O–H groups in total. The number of hydrogen-bond donors (Lipinski definition) is 7. The Labute approximate surface area is 268 Å². The van der Waals surface area contributed by atoms with E-state index < -0.39 is 78.5 Å². The van der Waals surface area contributed by atoms with E-state index in [2.05, 4.69) is 40.6 Å². The Morgan fingerprint density at radius 2 is 1.04 bits per heavy atom. The first kappa shape index (κ1) is 45.1. The average molecular weight is 807 g/mol. The van der Waals surface area contributed by atoms with Crippen molar-refractivity contribution in [1.29, 1.82) is 0 Å². The van der Waals surface area contributed by atoms with E-state index in [1.807, 2.05) is 0 Å². The monoisotopic (exact) mass is 807 g/mol. The van der Waals surface area contributed by atoms with Crippen molar-refractivity contribution >= 4 is 46.9 Å². The van der Waals surface area contributed by atoms with Gasteiger partial charge in [0.15, 0.2) is 0 Å². The molecule has 0 saturated carbocycles. The molecule has 1 saturated heterocycles. The molecule has 1 aliphatic heterocycles. The van der Waals surface area contributed by atoms with Crippen molar-refractivity contribution in [2.75, 3.05) is 19.8 Å². The topological polar surface area (TPSA) is 367 Å². The molecule has 9 atom stereocenters. The number of rotatable bonds is 26. The van der Waals surface area contributed by atoms with Gasteiger partial charge < -0.3 is 39.2 Å². The maximum absolute atomic E-state index is 12.0. The first-order chi connectivity index (χ1) is 21.5. The summed E-state index contributed by atoms with van der Waals surface area (Å²) >= 11 is 0. The summed E-state index contributed by atoms with van der Waals surface area (Å²) in [6.45, 7) is 0.685. The van der Waals surface area contributed by atoms with Gasteiger partial charge in [-0.2, -0.15) is 21.6 Å². The van der Waals surface area contributed by atoms with Gasteiger partial charge in [0, 0.05) is 17.9 Å². The summed E-state index contributed by atoms with van der Waals surface area (Å²) in [6, 6.07) is 0. The van der Waals surface area contributed by atoms with Gasteiger partial charge in [-0.05, 0) is 25.3 Å². The second-order valence-electron chi connectivity index (χ2n) is 9.77. The highest BCUT2D eigenvalue weighted by Crippen LogP contribution is 2.75. The SMILES string of the molecule is C[C@H]1CC(O)[C@@H](COP(=O)(O)OP(=O)(O)OP(=O)(O)OP(=O)(O)OP(=O)(O)OP(=O)(O)OCCCCCCCCCCCN=[N+]=[N-])O1. The third-order valence-corrected chi connectivity index (χ3v) is 14.8. The molecule has 0 bridgehead atoms. The fourth-order valence-corrected chi connectivity index (χ4v) is 11.6. The van der Waals surface area contributed by atoms with Crippen molar-refractivity contribution in [2.45, 2.75) is 89.4 Å². The highest BCUT2D eigenvalue weighted by Gasteiger charge is 2.49. The smallest absolute Gasteiger partial charge is 0.390 e. The van der Waals surface area contributed by atoms with Gasteiger partial charge in [-0.3, -0.25) is 9.05 Å². The molecule has 0 amide bonds. The Hall–Kier alpha value is 0.0900. The lowest BCUT2D eigenvalue weighted by Crippen LogP contribution is -2.26. The molecule has 1 rings (SSSR count). The molecule has 24 nitrogen and oxygen atoms in total. The molecular weight excluding hydrogens is 768 g/mol. The predicted molar refractivity (Wildman–Crippen MR) is 157 cm³/mol. The molecule has 47 heavy (non-hydrogen) atoms. The molecule has 1 fully saturated rings. The summed E-state index contributed by atoms with van der Waals surface area (Å²) in [4.78, 5) is 60.0. The van der Waals surface area contributed by atoms with Crippen LogP contribution < -0.4 is 0 Å². The first-order valence-corrected chi connectivity index (χ1v) is 22.6. The van der Waals surface area contributed by atoms with Crippen LogP contribution in [-0.2, 0) is 62.7 Å². The molecule has 0 aliphatic carbocycles. The maximum Gasteiger partial charge on any atom is 0.490 e. The second kappa shape index (κ2) is 20.2. The Balaban J connectivity index is 2.48. The molecule has 0 aromatic rings. The molecule has 0 aromatic carbocycles. The zero-order chi connectivity index (χ0) is 36.0. The molecule has 0 aromatic heterocycles. The summed E-state index contributed by atoms with van der Waals surface area (Å²) in [5.41, 5.74) is 8.19. The van der Waals surface area contributed by atoms with E-state index in [1.165, 1.54) is 0 Å². The maximum atomic E-state index is 12.0. The molecule has 1 heterocycles. The van der Waals surface area contributed by atoms with Gasteiger partial charge in [-0.1, -0.05) is 50.1 Å². The Morgan fingerprint density at radius 1 is 0.660 bits per heavy atom. The van der Waals surface area contributed by atoms with Gasteiger partial charge in [0.2, 0.25) is 0 Å². The van der Waals surface area contributed by atoms with E-state index in [0.29, 0.717) is 13.0 Å². The van der Waals surface area contributed by atoms with Gasteiger partial charge in [0.1, 0.15) is 6.10 Å². The van der Waals surface area contributed by atoms with Crippen LogP contribution >= 0.6 is 46.9 Å². The van der Waals surface area contributed by atoms with E-state index in [-0.39, 0.29) is 12.8 Å². The Kier molecular flexibility index (Phi) is 19.4. The van der Waals surface area contributed by atoms with Crippen molar-refractivity contribution in [3.63, 3.8) is 0 Å². The van der Waals surface area contributed by atoms with Crippen LogP contribution in [0.25, 0.3) is 10.4 Å². The molecule has 278 valence electrons. The van der Waals surface area contributed by atoms with Gasteiger partial charge >= 0.3 is 46.9 Å². The molecule has 0 spiro atoms. The molecular formula is C17H39N3O21P6. The predicted octanol–water partition coefficient (Wildman–Crippen LogP) is 5.06. The summed E-state index contributed by atoms with van der Waals surface area (Å²) < 4.78 is 104. The second-order valence-corrected chi connectivity index (χ2v) is 19.2. The number of phosphoric ester groups is 2. The number of hydrogen-bond acceptors (Lipinski definition) is 16.